The monoisotopic (exact) mass is 259 g/mol. The molecule has 7 nitrogen and oxygen atoms in total. The molecule has 0 bridgehead atoms. The van der Waals surface area contributed by atoms with Gasteiger partial charge in [0.15, 0.2) is 0 Å². The van der Waals surface area contributed by atoms with Crippen LogP contribution in [0.5, 0.6) is 0 Å². The minimum absolute atomic E-state index is 0.0118. The third-order valence-corrected chi connectivity index (χ3v) is 2.30. The Labute approximate surface area is 107 Å². The molecule has 104 valence electrons. The van der Waals surface area contributed by atoms with Gasteiger partial charge in [0.2, 0.25) is 11.8 Å². The lowest BCUT2D eigenvalue weighted by molar-refractivity contribution is -0.141. The summed E-state index contributed by atoms with van der Waals surface area (Å²) in [6.45, 7) is 3.67. The van der Waals surface area contributed by atoms with Crippen molar-refractivity contribution in [2.45, 2.75) is 19.8 Å². The number of aliphatic carboxylic acids is 1. The van der Waals surface area contributed by atoms with Crippen molar-refractivity contribution in [3.05, 3.63) is 0 Å². The summed E-state index contributed by atoms with van der Waals surface area (Å²) in [7, 11) is 1.79. The number of carbonyl (C=O) groups is 3. The molecule has 0 aliphatic carbocycles. The van der Waals surface area contributed by atoms with Gasteiger partial charge in [-0.1, -0.05) is 6.92 Å². The predicted octanol–water partition coefficient (Wildman–Crippen LogP) is -0.965. The molecule has 0 unspecified atom stereocenters. The Hall–Kier alpha value is -1.63. The Balaban J connectivity index is 3.99. The minimum atomic E-state index is -1.16. The molecule has 2 amide bonds. The molecule has 7 heteroatoms. The average Bonchev–Trinajstić information content (AvgIpc) is 2.31. The summed E-state index contributed by atoms with van der Waals surface area (Å²) in [4.78, 5) is 34.5. The van der Waals surface area contributed by atoms with Gasteiger partial charge in [0, 0.05) is 32.6 Å². The first kappa shape index (κ1) is 16.4. The Bertz CT molecular complexity index is 294. The van der Waals surface area contributed by atoms with Gasteiger partial charge < -0.3 is 20.6 Å². The third kappa shape index (κ3) is 7.61. The van der Waals surface area contributed by atoms with E-state index in [0.29, 0.717) is 26.1 Å². The maximum absolute atomic E-state index is 11.6. The van der Waals surface area contributed by atoms with Gasteiger partial charge >= 0.3 is 5.97 Å². The number of hydrogen-bond donors (Lipinski definition) is 3. The number of nitrogens with one attached hydrogen (secondary N) is 2. The fraction of sp³-hybridized carbons (Fsp3) is 0.727. The highest BCUT2D eigenvalue weighted by molar-refractivity contribution is 5.93. The molecule has 0 fully saturated rings. The van der Waals surface area contributed by atoms with Gasteiger partial charge in [0.1, 0.15) is 6.42 Å². The molecule has 0 heterocycles. The molecule has 3 N–H and O–H groups in total. The van der Waals surface area contributed by atoms with E-state index < -0.39 is 18.3 Å². The van der Waals surface area contributed by atoms with Gasteiger partial charge in [-0.05, 0) is 7.05 Å². The fourth-order valence-corrected chi connectivity index (χ4v) is 1.36. The van der Waals surface area contributed by atoms with Crippen LogP contribution >= 0.6 is 0 Å². The molecule has 0 atom stereocenters. The predicted molar refractivity (Wildman–Crippen MR) is 66.1 cm³/mol. The standard InChI is InChI=1S/C11H21N3O4/c1-3-10(16)14(6-4-12-2)7-5-13-9(15)8-11(17)18/h12H,3-8H2,1-2H3,(H,13,15)(H,17,18). The van der Waals surface area contributed by atoms with Crippen LogP contribution in [0.1, 0.15) is 19.8 Å². The van der Waals surface area contributed by atoms with Crippen LogP contribution in [0, 0.1) is 0 Å². The van der Waals surface area contributed by atoms with Crippen LogP contribution < -0.4 is 10.6 Å². The molecule has 0 rings (SSSR count). The number of nitrogens with zero attached hydrogens (tertiary/aromatic N) is 1. The third-order valence-electron chi connectivity index (χ3n) is 2.30. The summed E-state index contributed by atoms with van der Waals surface area (Å²) in [6, 6.07) is 0. The average molecular weight is 259 g/mol. The smallest absolute Gasteiger partial charge is 0.312 e. The second-order valence-corrected chi connectivity index (χ2v) is 3.76. The first-order valence-electron chi connectivity index (χ1n) is 5.92. The molecular weight excluding hydrogens is 238 g/mol. The zero-order chi connectivity index (χ0) is 14.0. The van der Waals surface area contributed by atoms with Gasteiger partial charge in [0.05, 0.1) is 0 Å². The molecule has 18 heavy (non-hydrogen) atoms. The molecule has 0 saturated carbocycles. The van der Waals surface area contributed by atoms with Crippen LogP contribution in [0.3, 0.4) is 0 Å². The SMILES string of the molecule is CCC(=O)N(CCNC)CCNC(=O)CC(=O)O. The van der Waals surface area contributed by atoms with Crippen LogP contribution in [-0.2, 0) is 14.4 Å². The van der Waals surface area contributed by atoms with E-state index >= 15 is 0 Å². The Morgan fingerprint density at radius 3 is 2.28 bits per heavy atom. The van der Waals surface area contributed by atoms with E-state index in [0.717, 1.165) is 0 Å². The van der Waals surface area contributed by atoms with Crippen LogP contribution in [0.15, 0.2) is 0 Å². The molecule has 0 aliphatic rings. The Kier molecular flexibility index (Phi) is 8.55. The first-order chi connectivity index (χ1) is 8.51. The summed E-state index contributed by atoms with van der Waals surface area (Å²) in [5, 5.41) is 13.8. The van der Waals surface area contributed by atoms with E-state index in [1.165, 1.54) is 0 Å². The van der Waals surface area contributed by atoms with Crippen molar-refractivity contribution >= 4 is 17.8 Å². The van der Waals surface area contributed by atoms with E-state index in [9.17, 15) is 14.4 Å². The van der Waals surface area contributed by atoms with Crippen molar-refractivity contribution in [2.75, 3.05) is 33.2 Å². The van der Waals surface area contributed by atoms with E-state index in [2.05, 4.69) is 10.6 Å². The molecule has 0 aromatic rings. The van der Waals surface area contributed by atoms with Crippen molar-refractivity contribution < 1.29 is 19.5 Å². The number of carboxylic acid groups (broad SMARTS) is 1. The number of likely N-dealkylation sites (N-methyl/N-ethyl adjacent to an activating group) is 1. The van der Waals surface area contributed by atoms with Crippen molar-refractivity contribution in [3.8, 4) is 0 Å². The lowest BCUT2D eigenvalue weighted by atomic mass is 10.3. The highest BCUT2D eigenvalue weighted by Gasteiger charge is 2.11. The highest BCUT2D eigenvalue weighted by atomic mass is 16.4. The Morgan fingerprint density at radius 2 is 1.78 bits per heavy atom. The molecule has 0 saturated heterocycles. The van der Waals surface area contributed by atoms with Crippen molar-refractivity contribution in [1.82, 2.24) is 15.5 Å². The molecule has 0 aromatic heterocycles. The first-order valence-corrected chi connectivity index (χ1v) is 5.92. The van der Waals surface area contributed by atoms with Gasteiger partial charge in [-0.3, -0.25) is 14.4 Å². The van der Waals surface area contributed by atoms with E-state index in [-0.39, 0.29) is 12.5 Å². The van der Waals surface area contributed by atoms with E-state index in [1.807, 2.05) is 0 Å². The second-order valence-electron chi connectivity index (χ2n) is 3.76. The largest absolute Gasteiger partial charge is 0.481 e. The molecular formula is C11H21N3O4. The highest BCUT2D eigenvalue weighted by Crippen LogP contribution is 1.92. The fourth-order valence-electron chi connectivity index (χ4n) is 1.36. The summed E-state index contributed by atoms with van der Waals surface area (Å²) in [6.07, 6.45) is -0.134. The van der Waals surface area contributed by atoms with Crippen LogP contribution in [0.25, 0.3) is 0 Å². The van der Waals surface area contributed by atoms with Crippen molar-refractivity contribution in [1.29, 1.82) is 0 Å². The van der Waals surface area contributed by atoms with Gasteiger partial charge in [-0.2, -0.15) is 0 Å². The topological polar surface area (TPSA) is 98.7 Å². The van der Waals surface area contributed by atoms with Crippen LogP contribution in [0.2, 0.25) is 0 Å². The minimum Gasteiger partial charge on any atom is -0.481 e. The van der Waals surface area contributed by atoms with E-state index in [1.54, 1.807) is 18.9 Å². The summed E-state index contributed by atoms with van der Waals surface area (Å²) < 4.78 is 0. The molecule has 0 aromatic carbocycles. The van der Waals surface area contributed by atoms with Crippen LogP contribution in [0.4, 0.5) is 0 Å². The maximum atomic E-state index is 11.6. The quantitative estimate of drug-likeness (QED) is 0.463. The van der Waals surface area contributed by atoms with Gasteiger partial charge in [-0.25, -0.2) is 0 Å². The summed E-state index contributed by atoms with van der Waals surface area (Å²) in [5.74, 6) is -1.69. The second kappa shape index (κ2) is 9.41. The lowest BCUT2D eigenvalue weighted by Crippen LogP contribution is -2.41. The van der Waals surface area contributed by atoms with Crippen molar-refractivity contribution in [3.63, 3.8) is 0 Å². The van der Waals surface area contributed by atoms with Gasteiger partial charge in [0.25, 0.3) is 0 Å². The zero-order valence-corrected chi connectivity index (χ0v) is 10.9. The Morgan fingerprint density at radius 1 is 1.17 bits per heavy atom. The van der Waals surface area contributed by atoms with Crippen molar-refractivity contribution in [2.24, 2.45) is 0 Å². The van der Waals surface area contributed by atoms with Crippen LogP contribution in [-0.4, -0.2) is 61.0 Å². The summed E-state index contributed by atoms with van der Waals surface area (Å²) in [5.41, 5.74) is 0. The zero-order valence-electron chi connectivity index (χ0n) is 10.9. The number of hydrogen-bond acceptors (Lipinski definition) is 4. The number of carbonyl (C=O) groups excluding carboxylic acids is 2. The number of rotatable bonds is 9. The summed E-state index contributed by atoms with van der Waals surface area (Å²) >= 11 is 0. The normalized spacial score (nSPS) is 9.89. The molecule has 0 aliphatic heterocycles. The lowest BCUT2D eigenvalue weighted by Gasteiger charge is -2.22. The molecule has 0 radical (unpaired) electrons. The maximum Gasteiger partial charge on any atom is 0.312 e. The van der Waals surface area contributed by atoms with E-state index in [4.69, 9.17) is 5.11 Å². The number of amides is 2. The number of carboxylic acids is 1. The van der Waals surface area contributed by atoms with Gasteiger partial charge in [-0.15, -0.1) is 0 Å². The molecule has 0 spiro atoms.